The van der Waals surface area contributed by atoms with Gasteiger partial charge in [-0.05, 0) is 50.4 Å². The molecule has 0 atom stereocenters. The van der Waals surface area contributed by atoms with Crippen LogP contribution in [0.5, 0.6) is 0 Å². The number of nitrogens with zero attached hydrogens (tertiary/aromatic N) is 1. The Morgan fingerprint density at radius 1 is 1.06 bits per heavy atom. The Kier molecular flexibility index (Phi) is 2.68. The zero-order valence-electron chi connectivity index (χ0n) is 10.3. The number of unbranched alkanes of at least 4 members (excludes halogenated alkanes) is 1. The first-order valence-electron chi connectivity index (χ1n) is 7.09. The standard InChI is InChI=1S/C14H23NO/c1-2-3-4-14(16)15-12-6-10-5-11(8-12)9-13(15)7-10/h10-13H,2-9H2,1H3. The molecule has 2 aliphatic heterocycles. The van der Waals surface area contributed by atoms with Gasteiger partial charge in [0.05, 0.1) is 0 Å². The monoisotopic (exact) mass is 221 g/mol. The van der Waals surface area contributed by atoms with Crippen molar-refractivity contribution in [3.8, 4) is 0 Å². The van der Waals surface area contributed by atoms with Crippen LogP contribution in [0.4, 0.5) is 0 Å². The van der Waals surface area contributed by atoms with Crippen LogP contribution < -0.4 is 0 Å². The first-order valence-corrected chi connectivity index (χ1v) is 7.09. The first kappa shape index (κ1) is 10.6. The van der Waals surface area contributed by atoms with Gasteiger partial charge in [-0.3, -0.25) is 4.79 Å². The Balaban J connectivity index is 1.69. The van der Waals surface area contributed by atoms with Crippen molar-refractivity contribution in [2.75, 3.05) is 0 Å². The van der Waals surface area contributed by atoms with E-state index in [-0.39, 0.29) is 0 Å². The molecule has 2 heteroatoms. The maximum absolute atomic E-state index is 12.2. The van der Waals surface area contributed by atoms with Crippen molar-refractivity contribution in [1.29, 1.82) is 0 Å². The van der Waals surface area contributed by atoms with E-state index in [4.69, 9.17) is 0 Å². The van der Waals surface area contributed by atoms with Gasteiger partial charge in [0.2, 0.25) is 5.91 Å². The van der Waals surface area contributed by atoms with Crippen LogP contribution >= 0.6 is 0 Å². The predicted octanol–water partition coefficient (Wildman–Crippen LogP) is 2.97. The second-order valence-electron chi connectivity index (χ2n) is 6.12. The molecule has 0 aromatic heterocycles. The van der Waals surface area contributed by atoms with E-state index in [9.17, 15) is 4.79 Å². The van der Waals surface area contributed by atoms with Crippen molar-refractivity contribution in [3.63, 3.8) is 0 Å². The van der Waals surface area contributed by atoms with Gasteiger partial charge in [-0.25, -0.2) is 0 Å². The summed E-state index contributed by atoms with van der Waals surface area (Å²) in [7, 11) is 0. The summed E-state index contributed by atoms with van der Waals surface area (Å²) in [5, 5.41) is 0. The summed E-state index contributed by atoms with van der Waals surface area (Å²) in [5.74, 6) is 2.37. The summed E-state index contributed by atoms with van der Waals surface area (Å²) in [5.41, 5.74) is 0. The molecule has 0 spiro atoms. The van der Waals surface area contributed by atoms with Crippen molar-refractivity contribution < 1.29 is 4.79 Å². The molecule has 90 valence electrons. The van der Waals surface area contributed by atoms with E-state index >= 15 is 0 Å². The highest BCUT2D eigenvalue weighted by molar-refractivity contribution is 5.77. The molecule has 2 aliphatic carbocycles. The highest BCUT2D eigenvalue weighted by atomic mass is 16.2. The maximum atomic E-state index is 12.2. The van der Waals surface area contributed by atoms with Gasteiger partial charge in [-0.2, -0.15) is 0 Å². The van der Waals surface area contributed by atoms with Crippen LogP contribution in [0.2, 0.25) is 0 Å². The molecule has 4 fully saturated rings. The van der Waals surface area contributed by atoms with Gasteiger partial charge < -0.3 is 4.90 Å². The summed E-state index contributed by atoms with van der Waals surface area (Å²) < 4.78 is 0. The molecule has 2 heterocycles. The molecule has 4 rings (SSSR count). The molecule has 0 aromatic carbocycles. The van der Waals surface area contributed by atoms with Gasteiger partial charge in [0.25, 0.3) is 0 Å². The molecular formula is C14H23NO. The average molecular weight is 221 g/mol. The fourth-order valence-corrected chi connectivity index (χ4v) is 4.40. The average Bonchev–Trinajstić information content (AvgIpc) is 2.24. The van der Waals surface area contributed by atoms with Crippen LogP contribution in [-0.4, -0.2) is 22.9 Å². The highest BCUT2D eigenvalue weighted by Crippen LogP contribution is 2.49. The van der Waals surface area contributed by atoms with E-state index in [0.29, 0.717) is 18.0 Å². The predicted molar refractivity (Wildman–Crippen MR) is 64.0 cm³/mol. The van der Waals surface area contributed by atoms with Crippen molar-refractivity contribution in [2.24, 2.45) is 11.8 Å². The number of hydrogen-bond acceptors (Lipinski definition) is 1. The van der Waals surface area contributed by atoms with E-state index in [1.54, 1.807) is 0 Å². The molecule has 0 aromatic rings. The summed E-state index contributed by atoms with van der Waals surface area (Å²) in [4.78, 5) is 14.5. The third kappa shape index (κ3) is 1.66. The fraction of sp³-hybridized carbons (Fsp3) is 0.929. The number of hydrogen-bond donors (Lipinski definition) is 0. The van der Waals surface area contributed by atoms with Crippen LogP contribution in [0.3, 0.4) is 0 Å². The van der Waals surface area contributed by atoms with E-state index < -0.39 is 0 Å². The van der Waals surface area contributed by atoms with Crippen molar-refractivity contribution in [3.05, 3.63) is 0 Å². The van der Waals surface area contributed by atoms with Gasteiger partial charge >= 0.3 is 0 Å². The maximum Gasteiger partial charge on any atom is 0.223 e. The van der Waals surface area contributed by atoms with Gasteiger partial charge in [0, 0.05) is 18.5 Å². The largest absolute Gasteiger partial charge is 0.337 e. The lowest BCUT2D eigenvalue weighted by Crippen LogP contribution is -2.59. The van der Waals surface area contributed by atoms with Gasteiger partial charge in [-0.15, -0.1) is 0 Å². The third-order valence-corrected chi connectivity index (χ3v) is 4.91. The Hall–Kier alpha value is -0.530. The number of rotatable bonds is 3. The van der Waals surface area contributed by atoms with Gasteiger partial charge in [0.1, 0.15) is 0 Å². The minimum absolute atomic E-state index is 0.454. The minimum Gasteiger partial charge on any atom is -0.337 e. The molecule has 2 nitrogen and oxygen atoms in total. The topological polar surface area (TPSA) is 20.3 Å². The molecule has 4 bridgehead atoms. The molecule has 2 saturated carbocycles. The van der Waals surface area contributed by atoms with E-state index in [0.717, 1.165) is 31.1 Å². The number of piperidine rings is 2. The van der Waals surface area contributed by atoms with E-state index in [1.165, 1.54) is 32.1 Å². The lowest BCUT2D eigenvalue weighted by Gasteiger charge is -2.56. The lowest BCUT2D eigenvalue weighted by molar-refractivity contribution is -0.149. The molecule has 4 aliphatic rings. The summed E-state index contributed by atoms with van der Waals surface area (Å²) in [6.07, 6.45) is 9.70. The van der Waals surface area contributed by atoms with Gasteiger partial charge in [0.15, 0.2) is 0 Å². The van der Waals surface area contributed by atoms with E-state index in [1.807, 2.05) is 0 Å². The normalized spacial score (nSPS) is 40.4. The first-order chi connectivity index (χ1) is 7.78. The number of carbonyl (C=O) groups excluding carboxylic acids is 1. The molecule has 0 N–H and O–H groups in total. The second-order valence-corrected chi connectivity index (χ2v) is 6.12. The number of carbonyl (C=O) groups is 1. The Bertz CT molecular complexity index is 258. The fourth-order valence-electron chi connectivity index (χ4n) is 4.40. The lowest BCUT2D eigenvalue weighted by atomic mass is 9.63. The molecule has 2 saturated heterocycles. The molecular weight excluding hydrogens is 198 g/mol. The third-order valence-electron chi connectivity index (χ3n) is 4.91. The SMILES string of the molecule is CCCCC(=O)N1C2CC3CC(C2)CC1C3. The van der Waals surface area contributed by atoms with Crippen LogP contribution in [0.1, 0.15) is 58.3 Å². The zero-order chi connectivity index (χ0) is 11.1. The van der Waals surface area contributed by atoms with Crippen LogP contribution in [-0.2, 0) is 4.79 Å². The number of amides is 1. The zero-order valence-corrected chi connectivity index (χ0v) is 10.3. The Morgan fingerprint density at radius 2 is 1.62 bits per heavy atom. The quantitative estimate of drug-likeness (QED) is 0.717. The highest BCUT2D eigenvalue weighted by Gasteiger charge is 2.48. The minimum atomic E-state index is 0.454. The Morgan fingerprint density at radius 3 is 2.12 bits per heavy atom. The van der Waals surface area contributed by atoms with Gasteiger partial charge in [-0.1, -0.05) is 13.3 Å². The van der Waals surface area contributed by atoms with E-state index in [2.05, 4.69) is 11.8 Å². The Labute approximate surface area is 98.4 Å². The molecule has 1 amide bonds. The summed E-state index contributed by atoms with van der Waals surface area (Å²) >= 11 is 0. The molecule has 16 heavy (non-hydrogen) atoms. The van der Waals surface area contributed by atoms with Crippen LogP contribution in [0, 0.1) is 11.8 Å². The molecule has 0 radical (unpaired) electrons. The second kappa shape index (κ2) is 4.05. The summed E-state index contributed by atoms with van der Waals surface area (Å²) in [6, 6.07) is 1.25. The van der Waals surface area contributed by atoms with Crippen molar-refractivity contribution in [1.82, 2.24) is 4.90 Å². The summed E-state index contributed by atoms with van der Waals surface area (Å²) in [6.45, 7) is 2.17. The van der Waals surface area contributed by atoms with Crippen molar-refractivity contribution >= 4 is 5.91 Å². The van der Waals surface area contributed by atoms with Crippen LogP contribution in [0.15, 0.2) is 0 Å². The smallest absolute Gasteiger partial charge is 0.223 e. The molecule has 0 unspecified atom stereocenters. The van der Waals surface area contributed by atoms with Crippen molar-refractivity contribution in [2.45, 2.75) is 70.4 Å². The van der Waals surface area contributed by atoms with Crippen LogP contribution in [0.25, 0.3) is 0 Å².